The van der Waals surface area contributed by atoms with Crippen molar-refractivity contribution in [3.8, 4) is 11.8 Å². The van der Waals surface area contributed by atoms with Gasteiger partial charge in [0.1, 0.15) is 5.69 Å². The molecule has 168 valence electrons. The van der Waals surface area contributed by atoms with E-state index in [4.69, 9.17) is 9.53 Å². The number of methoxy groups -OCH3 is 1. The third kappa shape index (κ3) is 8.11. The van der Waals surface area contributed by atoms with Crippen LogP contribution in [0.5, 0.6) is 11.8 Å². The Morgan fingerprint density at radius 1 is 1.29 bits per heavy atom. The van der Waals surface area contributed by atoms with Gasteiger partial charge in [0.05, 0.1) is 7.11 Å². The Kier molecular flexibility index (Phi) is 8.17. The molecule has 0 aliphatic heterocycles. The van der Waals surface area contributed by atoms with Crippen molar-refractivity contribution in [2.24, 2.45) is 5.73 Å². The minimum atomic E-state index is -4.44. The summed E-state index contributed by atoms with van der Waals surface area (Å²) in [6, 6.07) is 6.71. The van der Waals surface area contributed by atoms with Gasteiger partial charge in [0.15, 0.2) is 6.61 Å². The molecule has 1 aliphatic rings. The molecule has 2 amide bonds. The highest BCUT2D eigenvalue weighted by Crippen LogP contribution is 2.25. The van der Waals surface area contributed by atoms with E-state index in [1.807, 2.05) is 6.07 Å². The summed E-state index contributed by atoms with van der Waals surface area (Å²) < 4.78 is 46.7. The first-order valence-corrected chi connectivity index (χ1v) is 9.32. The van der Waals surface area contributed by atoms with E-state index in [0.717, 1.165) is 18.4 Å². The normalized spacial score (nSPS) is 12.9. The first kappa shape index (κ1) is 23.9. The Morgan fingerprint density at radius 2 is 1.97 bits per heavy atom. The number of nitrogens with one attached hydrogen (secondary N) is 1. The van der Waals surface area contributed by atoms with Gasteiger partial charge in [-0.15, -0.1) is 0 Å². The molecule has 2 aromatic rings. The number of rotatable bonds is 7. The molecule has 0 saturated heterocycles. The SMILES string of the molecule is COc1nc(OCC(F)(F)F)ccc1Cc1cc(C)nc(C(=O)NC2CC2)c1.NC=O. The molecule has 0 atom stereocenters. The molecule has 11 heteroatoms. The van der Waals surface area contributed by atoms with Crippen molar-refractivity contribution in [1.29, 1.82) is 0 Å². The first-order chi connectivity index (χ1) is 14.6. The zero-order valence-corrected chi connectivity index (χ0v) is 17.0. The number of carbonyl (C=O) groups excluding carboxylic acids is 2. The fourth-order valence-corrected chi connectivity index (χ4v) is 2.67. The summed E-state index contributed by atoms with van der Waals surface area (Å²) in [5.74, 6) is -0.222. The van der Waals surface area contributed by atoms with Gasteiger partial charge in [-0.2, -0.15) is 18.2 Å². The molecule has 1 saturated carbocycles. The van der Waals surface area contributed by atoms with Crippen LogP contribution < -0.4 is 20.5 Å². The maximum absolute atomic E-state index is 12.3. The molecular formula is C20H23F3N4O4. The second-order valence-electron chi connectivity index (χ2n) is 6.78. The topological polar surface area (TPSA) is 116 Å². The molecule has 31 heavy (non-hydrogen) atoms. The molecule has 0 bridgehead atoms. The van der Waals surface area contributed by atoms with Crippen LogP contribution in [0.4, 0.5) is 13.2 Å². The summed E-state index contributed by atoms with van der Waals surface area (Å²) in [5, 5.41) is 2.90. The summed E-state index contributed by atoms with van der Waals surface area (Å²) in [5.41, 5.74) is 6.66. The molecule has 2 aromatic heterocycles. The quantitative estimate of drug-likeness (QED) is 0.639. The molecule has 0 unspecified atom stereocenters. The van der Waals surface area contributed by atoms with Crippen LogP contribution in [0.15, 0.2) is 24.3 Å². The average molecular weight is 440 g/mol. The number of aromatic nitrogens is 2. The zero-order valence-electron chi connectivity index (χ0n) is 17.0. The van der Waals surface area contributed by atoms with Crippen LogP contribution >= 0.6 is 0 Å². The van der Waals surface area contributed by atoms with Crippen LogP contribution in [-0.4, -0.2) is 48.2 Å². The van der Waals surface area contributed by atoms with E-state index in [9.17, 15) is 18.0 Å². The van der Waals surface area contributed by atoms with Crippen LogP contribution in [-0.2, 0) is 11.2 Å². The smallest absolute Gasteiger partial charge is 0.422 e. The second-order valence-corrected chi connectivity index (χ2v) is 6.78. The summed E-state index contributed by atoms with van der Waals surface area (Å²) in [4.78, 5) is 29.1. The minimum absolute atomic E-state index is 0.165. The molecule has 2 heterocycles. The monoisotopic (exact) mass is 440 g/mol. The number of alkyl halides is 3. The van der Waals surface area contributed by atoms with Crippen LogP contribution in [0, 0.1) is 6.92 Å². The van der Waals surface area contributed by atoms with Crippen molar-refractivity contribution < 1.29 is 32.2 Å². The number of hydrogen-bond donors (Lipinski definition) is 2. The Morgan fingerprint density at radius 3 is 2.55 bits per heavy atom. The van der Waals surface area contributed by atoms with Gasteiger partial charge in [0.25, 0.3) is 5.91 Å². The molecule has 8 nitrogen and oxygen atoms in total. The number of amides is 2. The summed E-state index contributed by atoms with van der Waals surface area (Å²) >= 11 is 0. The maximum atomic E-state index is 12.3. The molecule has 0 spiro atoms. The Bertz CT molecular complexity index is 918. The van der Waals surface area contributed by atoms with Gasteiger partial charge in [0.2, 0.25) is 18.2 Å². The predicted molar refractivity (Wildman–Crippen MR) is 105 cm³/mol. The number of hydrogen-bond acceptors (Lipinski definition) is 6. The molecule has 3 rings (SSSR count). The number of nitrogens with two attached hydrogens (primary N) is 1. The highest BCUT2D eigenvalue weighted by atomic mass is 19.4. The van der Waals surface area contributed by atoms with Crippen LogP contribution in [0.2, 0.25) is 0 Å². The van der Waals surface area contributed by atoms with Gasteiger partial charge in [0, 0.05) is 29.8 Å². The van der Waals surface area contributed by atoms with E-state index in [1.54, 1.807) is 19.1 Å². The summed E-state index contributed by atoms with van der Waals surface area (Å²) in [7, 11) is 1.38. The van der Waals surface area contributed by atoms with Crippen LogP contribution in [0.1, 0.15) is 40.2 Å². The van der Waals surface area contributed by atoms with Crippen molar-refractivity contribution in [1.82, 2.24) is 15.3 Å². The highest BCUT2D eigenvalue weighted by Gasteiger charge is 2.29. The first-order valence-electron chi connectivity index (χ1n) is 9.32. The highest BCUT2D eigenvalue weighted by molar-refractivity contribution is 5.92. The standard InChI is InChI=1S/C19H20F3N3O3.CH3NO/c1-11-7-12(9-15(23-11)17(26)24-14-4-5-14)8-13-3-6-16(25-18(13)27-2)28-10-19(20,21)22;2-1-3/h3,6-7,9,14H,4-5,8,10H2,1-2H3,(H,24,26);1H,(H2,2,3). The molecule has 0 radical (unpaired) electrons. The largest absolute Gasteiger partial charge is 0.481 e. The number of primary amides is 1. The third-order valence-corrected chi connectivity index (χ3v) is 4.04. The number of carbonyl (C=O) groups is 2. The van der Waals surface area contributed by atoms with Crippen molar-refractivity contribution >= 4 is 12.3 Å². The summed E-state index contributed by atoms with van der Waals surface area (Å²) in [6.07, 6.45) is -1.85. The lowest BCUT2D eigenvalue weighted by molar-refractivity contribution is -0.154. The number of halogens is 3. The maximum Gasteiger partial charge on any atom is 0.422 e. The number of ether oxygens (including phenoxy) is 2. The second kappa shape index (κ2) is 10.6. The van der Waals surface area contributed by atoms with Gasteiger partial charge in [-0.3, -0.25) is 9.59 Å². The lowest BCUT2D eigenvalue weighted by atomic mass is 10.0. The molecule has 1 aliphatic carbocycles. The molecule has 3 N–H and O–H groups in total. The van der Waals surface area contributed by atoms with Crippen molar-refractivity contribution in [2.45, 2.75) is 38.4 Å². The number of nitrogens with zero attached hydrogens (tertiary/aromatic N) is 2. The number of aryl methyl sites for hydroxylation is 1. The zero-order chi connectivity index (χ0) is 23.0. The third-order valence-electron chi connectivity index (χ3n) is 4.04. The van der Waals surface area contributed by atoms with E-state index < -0.39 is 12.8 Å². The van der Waals surface area contributed by atoms with Gasteiger partial charge >= 0.3 is 6.18 Å². The lowest BCUT2D eigenvalue weighted by Crippen LogP contribution is -2.26. The Labute approximate surface area is 177 Å². The Balaban J connectivity index is 0.00000107. The van der Waals surface area contributed by atoms with Gasteiger partial charge in [-0.25, -0.2) is 4.98 Å². The van der Waals surface area contributed by atoms with Crippen LogP contribution in [0.3, 0.4) is 0 Å². The molecular weight excluding hydrogens is 417 g/mol. The Hall–Kier alpha value is -3.37. The van der Waals surface area contributed by atoms with Gasteiger partial charge in [-0.05, 0) is 43.5 Å². The van der Waals surface area contributed by atoms with Crippen molar-refractivity contribution in [2.75, 3.05) is 13.7 Å². The predicted octanol–water partition coefficient (Wildman–Crippen LogP) is 2.32. The summed E-state index contributed by atoms with van der Waals surface area (Å²) in [6.45, 7) is 0.368. The minimum Gasteiger partial charge on any atom is -0.481 e. The van der Waals surface area contributed by atoms with Gasteiger partial charge < -0.3 is 20.5 Å². The average Bonchev–Trinajstić information content (AvgIpc) is 3.50. The van der Waals surface area contributed by atoms with E-state index in [0.29, 0.717) is 23.4 Å². The number of pyridine rings is 2. The van der Waals surface area contributed by atoms with Gasteiger partial charge in [-0.1, -0.05) is 0 Å². The van der Waals surface area contributed by atoms with Crippen molar-refractivity contribution in [3.63, 3.8) is 0 Å². The van der Waals surface area contributed by atoms with Crippen LogP contribution in [0.25, 0.3) is 0 Å². The van der Waals surface area contributed by atoms with E-state index >= 15 is 0 Å². The fraction of sp³-hybridized carbons (Fsp3) is 0.400. The lowest BCUT2D eigenvalue weighted by Gasteiger charge is -2.12. The van der Waals surface area contributed by atoms with E-state index in [1.165, 1.54) is 13.2 Å². The fourth-order valence-electron chi connectivity index (χ4n) is 2.67. The molecule has 1 fully saturated rings. The van der Waals surface area contributed by atoms with Crippen molar-refractivity contribution in [3.05, 3.63) is 46.8 Å². The molecule has 0 aromatic carbocycles. The van der Waals surface area contributed by atoms with E-state index in [2.05, 4.69) is 25.8 Å². The van der Waals surface area contributed by atoms with E-state index in [-0.39, 0.29) is 30.1 Å².